The number of rotatable bonds is 6. The first-order valence-corrected chi connectivity index (χ1v) is 13.0. The van der Waals surface area contributed by atoms with Gasteiger partial charge in [-0.3, -0.25) is 0 Å². The van der Waals surface area contributed by atoms with Crippen LogP contribution in [0, 0.1) is 17.1 Å². The highest BCUT2D eigenvalue weighted by molar-refractivity contribution is 5.98. The van der Waals surface area contributed by atoms with Gasteiger partial charge in [-0.15, -0.1) is 0 Å². The summed E-state index contributed by atoms with van der Waals surface area (Å²) in [7, 11) is 4.04. The smallest absolute Gasteiger partial charge is 0.164 e. The van der Waals surface area contributed by atoms with Crippen molar-refractivity contribution < 1.29 is 9.50 Å². The van der Waals surface area contributed by atoms with Crippen LogP contribution in [-0.2, 0) is 6.54 Å². The standard InChI is InChI=1S/C31H27FN8O/c1-18(40-31-27(30(34)35-17-36-31)28(37-40)21-12-22(32)14-23(41)13-21)26-24(15-33)25-9-4-5-10-39(25)29(26)20-8-6-7-19(11-20)16-38(2)3/h4-14,17-18,41H,16H2,1-3H3,(H2,34,35,36)/t18-/m0/s1. The molecule has 3 N–H and O–H groups in total. The summed E-state index contributed by atoms with van der Waals surface area (Å²) in [4.78, 5) is 10.7. The SMILES string of the molecule is C[C@@H](c1c(C#N)c2ccccn2c1-c1cccc(CN(C)C)c1)n1nc(-c2cc(O)cc(F)c2)c2c(N)ncnc21. The van der Waals surface area contributed by atoms with Crippen LogP contribution >= 0.6 is 0 Å². The van der Waals surface area contributed by atoms with E-state index < -0.39 is 11.9 Å². The molecule has 204 valence electrons. The Morgan fingerprint density at radius 1 is 1.07 bits per heavy atom. The highest BCUT2D eigenvalue weighted by Gasteiger charge is 2.28. The quantitative estimate of drug-likeness (QED) is 0.288. The molecule has 1 atom stereocenters. The molecule has 0 spiro atoms. The minimum atomic E-state index is -0.614. The van der Waals surface area contributed by atoms with Crippen LogP contribution in [-0.4, -0.2) is 48.3 Å². The monoisotopic (exact) mass is 546 g/mol. The van der Waals surface area contributed by atoms with E-state index in [0.29, 0.717) is 27.9 Å². The Balaban J connectivity index is 1.64. The number of aromatic hydroxyl groups is 1. The average Bonchev–Trinajstić information content (AvgIpc) is 3.49. The molecular formula is C31H27FN8O. The fraction of sp³-hybridized carbons (Fsp3) is 0.161. The molecule has 41 heavy (non-hydrogen) atoms. The summed E-state index contributed by atoms with van der Waals surface area (Å²) in [6, 6.07) is 19.7. The molecule has 0 unspecified atom stereocenters. The van der Waals surface area contributed by atoms with Gasteiger partial charge >= 0.3 is 0 Å². The van der Waals surface area contributed by atoms with Crippen LogP contribution in [0.1, 0.15) is 29.7 Å². The second kappa shape index (κ2) is 10.0. The van der Waals surface area contributed by atoms with Gasteiger partial charge in [0.05, 0.1) is 28.2 Å². The van der Waals surface area contributed by atoms with Crippen molar-refractivity contribution in [1.82, 2.24) is 29.0 Å². The number of benzene rings is 2. The first-order chi connectivity index (χ1) is 19.8. The molecule has 9 nitrogen and oxygen atoms in total. The summed E-state index contributed by atoms with van der Waals surface area (Å²) >= 11 is 0. The van der Waals surface area contributed by atoms with Gasteiger partial charge in [-0.05, 0) is 62.5 Å². The topological polar surface area (TPSA) is 121 Å². The lowest BCUT2D eigenvalue weighted by Crippen LogP contribution is -2.12. The van der Waals surface area contributed by atoms with E-state index in [4.69, 9.17) is 10.8 Å². The second-order valence-electron chi connectivity index (χ2n) is 10.3. The number of nitriles is 1. The number of nitrogens with zero attached hydrogens (tertiary/aromatic N) is 7. The summed E-state index contributed by atoms with van der Waals surface area (Å²) in [6.45, 7) is 2.71. The third-order valence-electron chi connectivity index (χ3n) is 7.15. The van der Waals surface area contributed by atoms with E-state index in [-0.39, 0.29) is 11.6 Å². The average molecular weight is 547 g/mol. The summed E-state index contributed by atoms with van der Waals surface area (Å²) < 4.78 is 18.0. The second-order valence-corrected chi connectivity index (χ2v) is 10.3. The molecule has 0 aliphatic carbocycles. The zero-order valence-corrected chi connectivity index (χ0v) is 22.7. The lowest BCUT2D eigenvalue weighted by atomic mass is 9.98. The molecular weight excluding hydrogens is 519 g/mol. The Kier molecular flexibility index (Phi) is 6.36. The number of hydrogen-bond acceptors (Lipinski definition) is 7. The Labute approximate surface area is 235 Å². The predicted molar refractivity (Wildman–Crippen MR) is 156 cm³/mol. The minimum absolute atomic E-state index is 0.173. The van der Waals surface area contributed by atoms with Gasteiger partial charge in [-0.1, -0.05) is 24.3 Å². The molecule has 2 aromatic carbocycles. The van der Waals surface area contributed by atoms with Crippen LogP contribution in [0.5, 0.6) is 5.75 Å². The Morgan fingerprint density at radius 3 is 2.66 bits per heavy atom. The van der Waals surface area contributed by atoms with Crippen LogP contribution in [0.3, 0.4) is 0 Å². The van der Waals surface area contributed by atoms with Crippen molar-refractivity contribution in [1.29, 1.82) is 5.26 Å². The first-order valence-electron chi connectivity index (χ1n) is 13.0. The maximum absolute atomic E-state index is 14.3. The third kappa shape index (κ3) is 4.42. The maximum Gasteiger partial charge on any atom is 0.164 e. The number of aromatic nitrogens is 5. The Morgan fingerprint density at radius 2 is 1.90 bits per heavy atom. The molecule has 0 fully saturated rings. The summed E-state index contributed by atoms with van der Waals surface area (Å²) in [6.07, 6.45) is 3.30. The van der Waals surface area contributed by atoms with Gasteiger partial charge < -0.3 is 20.1 Å². The minimum Gasteiger partial charge on any atom is -0.508 e. The number of hydrogen-bond donors (Lipinski definition) is 2. The maximum atomic E-state index is 14.3. The zero-order chi connectivity index (χ0) is 28.8. The number of nitrogen functional groups attached to an aromatic ring is 1. The van der Waals surface area contributed by atoms with Crippen LogP contribution in [0.4, 0.5) is 10.2 Å². The van der Waals surface area contributed by atoms with Crippen molar-refractivity contribution in [2.45, 2.75) is 19.5 Å². The molecule has 0 aliphatic rings. The van der Waals surface area contributed by atoms with Crippen molar-refractivity contribution in [3.05, 3.63) is 95.7 Å². The number of nitrogens with two attached hydrogens (primary N) is 1. The fourth-order valence-electron chi connectivity index (χ4n) is 5.53. The molecule has 0 saturated heterocycles. The van der Waals surface area contributed by atoms with Gasteiger partial charge in [0.2, 0.25) is 0 Å². The van der Waals surface area contributed by atoms with Crippen molar-refractivity contribution in [3.63, 3.8) is 0 Å². The number of anilines is 1. The molecule has 0 aliphatic heterocycles. The lowest BCUT2D eigenvalue weighted by Gasteiger charge is -2.17. The van der Waals surface area contributed by atoms with Crippen LogP contribution in [0.2, 0.25) is 0 Å². The van der Waals surface area contributed by atoms with Gasteiger partial charge in [0.25, 0.3) is 0 Å². The van der Waals surface area contributed by atoms with E-state index in [2.05, 4.69) is 33.1 Å². The fourth-order valence-corrected chi connectivity index (χ4v) is 5.53. The summed E-state index contributed by atoms with van der Waals surface area (Å²) in [5.41, 5.74) is 12.4. The molecule has 0 amide bonds. The van der Waals surface area contributed by atoms with E-state index in [1.54, 1.807) is 4.68 Å². The lowest BCUT2D eigenvalue weighted by molar-refractivity contribution is 0.402. The molecule has 0 bridgehead atoms. The predicted octanol–water partition coefficient (Wildman–Crippen LogP) is 5.38. The molecule has 6 aromatic rings. The van der Waals surface area contributed by atoms with Crippen molar-refractivity contribution in [2.24, 2.45) is 0 Å². The number of phenolic OH excluding ortho intramolecular Hbond substituents is 1. The van der Waals surface area contributed by atoms with Crippen LogP contribution in [0.15, 0.2) is 73.2 Å². The normalized spacial score (nSPS) is 12.3. The molecule has 6 rings (SSSR count). The summed E-state index contributed by atoms with van der Waals surface area (Å²) in [5, 5.41) is 25.8. The molecule has 0 radical (unpaired) electrons. The van der Waals surface area contributed by atoms with Crippen molar-refractivity contribution in [3.8, 4) is 34.3 Å². The molecule has 0 saturated carbocycles. The number of phenols is 1. The van der Waals surface area contributed by atoms with Gasteiger partial charge in [-0.2, -0.15) is 10.4 Å². The van der Waals surface area contributed by atoms with Gasteiger partial charge in [0.1, 0.15) is 35.5 Å². The molecule has 10 heteroatoms. The van der Waals surface area contributed by atoms with E-state index >= 15 is 0 Å². The van der Waals surface area contributed by atoms with E-state index in [1.165, 1.54) is 18.5 Å². The zero-order valence-electron chi connectivity index (χ0n) is 22.7. The van der Waals surface area contributed by atoms with Crippen LogP contribution < -0.4 is 5.73 Å². The van der Waals surface area contributed by atoms with E-state index in [1.807, 2.05) is 61.9 Å². The van der Waals surface area contributed by atoms with E-state index in [9.17, 15) is 14.8 Å². The van der Waals surface area contributed by atoms with Gasteiger partial charge in [0, 0.05) is 29.9 Å². The van der Waals surface area contributed by atoms with Crippen molar-refractivity contribution in [2.75, 3.05) is 19.8 Å². The Hall–Kier alpha value is -5.27. The highest BCUT2D eigenvalue weighted by atomic mass is 19.1. The molecule has 4 heterocycles. The van der Waals surface area contributed by atoms with Crippen LogP contribution in [0.25, 0.3) is 39.1 Å². The Bertz CT molecular complexity index is 1960. The van der Waals surface area contributed by atoms with E-state index in [0.717, 1.165) is 40.5 Å². The van der Waals surface area contributed by atoms with Gasteiger partial charge in [0.15, 0.2) is 5.65 Å². The largest absolute Gasteiger partial charge is 0.508 e. The third-order valence-corrected chi connectivity index (χ3v) is 7.15. The summed E-state index contributed by atoms with van der Waals surface area (Å²) in [5.74, 6) is -0.681. The number of halogens is 1. The first kappa shape index (κ1) is 26.0. The molecule has 4 aromatic heterocycles. The highest BCUT2D eigenvalue weighted by Crippen LogP contribution is 2.40. The van der Waals surface area contributed by atoms with Gasteiger partial charge in [-0.25, -0.2) is 19.0 Å². The number of fused-ring (bicyclic) bond motifs is 2. The number of pyridine rings is 1. The van der Waals surface area contributed by atoms with Crippen molar-refractivity contribution >= 4 is 22.4 Å².